The lowest BCUT2D eigenvalue weighted by molar-refractivity contribution is 0.322. The fourth-order valence-electron chi connectivity index (χ4n) is 1.08. The highest BCUT2D eigenvalue weighted by molar-refractivity contribution is 8.03. The van der Waals surface area contributed by atoms with Crippen LogP contribution in [-0.4, -0.2) is 17.5 Å². The van der Waals surface area contributed by atoms with Gasteiger partial charge in [0.1, 0.15) is 0 Å². The number of rotatable bonds is 3. The summed E-state index contributed by atoms with van der Waals surface area (Å²) < 4.78 is 0. The highest BCUT2D eigenvalue weighted by Crippen LogP contribution is 2.29. The van der Waals surface area contributed by atoms with Crippen molar-refractivity contribution in [3.8, 4) is 0 Å². The molecule has 1 N–H and O–H groups in total. The Balaban J connectivity index is 2.40. The summed E-state index contributed by atoms with van der Waals surface area (Å²) in [5.74, 6) is 1.47. The molecule has 0 spiro atoms. The molecule has 0 bridgehead atoms. The Morgan fingerprint density at radius 1 is 1.73 bits per heavy atom. The van der Waals surface area contributed by atoms with Gasteiger partial charge in [-0.3, -0.25) is 0 Å². The van der Waals surface area contributed by atoms with E-state index in [2.05, 4.69) is 25.2 Å². The van der Waals surface area contributed by atoms with Gasteiger partial charge < -0.3 is 5.11 Å². The van der Waals surface area contributed by atoms with Crippen molar-refractivity contribution in [3.05, 3.63) is 23.1 Å². The lowest BCUT2D eigenvalue weighted by Gasteiger charge is -2.15. The first-order valence-electron chi connectivity index (χ1n) is 3.95. The Morgan fingerprint density at radius 3 is 3.18 bits per heavy atom. The molecule has 62 valence electrons. The Morgan fingerprint density at radius 2 is 2.55 bits per heavy atom. The van der Waals surface area contributed by atoms with Crippen LogP contribution < -0.4 is 0 Å². The molecule has 1 nitrogen and oxygen atoms in total. The van der Waals surface area contributed by atoms with Gasteiger partial charge in [-0.1, -0.05) is 25.2 Å². The van der Waals surface area contributed by atoms with Crippen LogP contribution in [0.2, 0.25) is 0 Å². The molecule has 2 heteroatoms. The molecule has 0 aromatic rings. The van der Waals surface area contributed by atoms with Crippen molar-refractivity contribution in [3.63, 3.8) is 0 Å². The largest absolute Gasteiger partial charge is 0.396 e. The Labute approximate surface area is 72.2 Å². The molecule has 1 rings (SSSR count). The van der Waals surface area contributed by atoms with E-state index < -0.39 is 0 Å². The van der Waals surface area contributed by atoms with Crippen LogP contribution >= 0.6 is 11.8 Å². The molecule has 0 amide bonds. The van der Waals surface area contributed by atoms with Crippen LogP contribution in [0.5, 0.6) is 0 Å². The average Bonchev–Trinajstić information content (AvgIpc) is 2.03. The van der Waals surface area contributed by atoms with Crippen molar-refractivity contribution in [1.29, 1.82) is 0 Å². The van der Waals surface area contributed by atoms with Gasteiger partial charge in [-0.15, -0.1) is 11.8 Å². The summed E-state index contributed by atoms with van der Waals surface area (Å²) in [5.41, 5.74) is 0. The molecule has 0 heterocycles. The predicted octanol–water partition coefficient (Wildman–Crippen LogP) is 2.19. The fraction of sp³-hybridized carbons (Fsp3) is 0.556. The lowest BCUT2D eigenvalue weighted by Crippen LogP contribution is -1.99. The molecule has 1 unspecified atom stereocenters. The van der Waals surface area contributed by atoms with Gasteiger partial charge in [0, 0.05) is 5.75 Å². The topological polar surface area (TPSA) is 20.2 Å². The lowest BCUT2D eigenvalue weighted by atomic mass is 10.0. The van der Waals surface area contributed by atoms with Crippen molar-refractivity contribution in [2.75, 3.05) is 12.4 Å². The first kappa shape index (κ1) is 8.88. The van der Waals surface area contributed by atoms with Crippen LogP contribution in [-0.2, 0) is 0 Å². The normalized spacial score (nSPS) is 23.5. The third-order valence-corrected chi connectivity index (χ3v) is 2.99. The van der Waals surface area contributed by atoms with Gasteiger partial charge >= 0.3 is 0 Å². The first-order chi connectivity index (χ1) is 5.34. The summed E-state index contributed by atoms with van der Waals surface area (Å²) >= 11 is 1.77. The van der Waals surface area contributed by atoms with Crippen molar-refractivity contribution in [2.45, 2.75) is 13.3 Å². The zero-order valence-corrected chi connectivity index (χ0v) is 7.60. The summed E-state index contributed by atoms with van der Waals surface area (Å²) in [6.45, 7) is 2.50. The number of hydrogen-bond donors (Lipinski definition) is 1. The molecule has 0 aliphatic heterocycles. The van der Waals surface area contributed by atoms with E-state index in [-0.39, 0.29) is 6.61 Å². The number of aliphatic hydroxyl groups excluding tert-OH is 1. The van der Waals surface area contributed by atoms with Crippen molar-refractivity contribution < 1.29 is 5.11 Å². The second kappa shape index (κ2) is 4.62. The van der Waals surface area contributed by atoms with E-state index in [1.54, 1.807) is 11.8 Å². The van der Waals surface area contributed by atoms with E-state index >= 15 is 0 Å². The van der Waals surface area contributed by atoms with E-state index in [1.807, 2.05) is 0 Å². The molecule has 0 aromatic heterocycles. The summed E-state index contributed by atoms with van der Waals surface area (Å²) in [6.07, 6.45) is 7.58. The molecule has 1 aliphatic carbocycles. The molecular formula is C9H14OS. The van der Waals surface area contributed by atoms with Gasteiger partial charge in [0.2, 0.25) is 0 Å². The van der Waals surface area contributed by atoms with E-state index in [9.17, 15) is 0 Å². The monoisotopic (exact) mass is 170 g/mol. The Kier molecular flexibility index (Phi) is 3.73. The maximum absolute atomic E-state index is 8.62. The molecule has 0 saturated carbocycles. The van der Waals surface area contributed by atoms with Gasteiger partial charge in [0.15, 0.2) is 0 Å². The van der Waals surface area contributed by atoms with E-state index in [4.69, 9.17) is 5.11 Å². The molecule has 1 atom stereocenters. The second-order valence-electron chi connectivity index (χ2n) is 2.71. The van der Waals surface area contributed by atoms with Crippen molar-refractivity contribution >= 4 is 11.8 Å². The van der Waals surface area contributed by atoms with Gasteiger partial charge in [0.05, 0.1) is 6.61 Å². The van der Waals surface area contributed by atoms with Crippen LogP contribution in [0.25, 0.3) is 0 Å². The van der Waals surface area contributed by atoms with E-state index in [0.29, 0.717) is 5.92 Å². The SMILES string of the molecule is CC1CC=CC=C1SCCO. The van der Waals surface area contributed by atoms with Gasteiger partial charge in [-0.05, 0) is 17.2 Å². The van der Waals surface area contributed by atoms with Crippen LogP contribution in [0.1, 0.15) is 13.3 Å². The van der Waals surface area contributed by atoms with Gasteiger partial charge in [0.25, 0.3) is 0 Å². The van der Waals surface area contributed by atoms with E-state index in [1.165, 1.54) is 4.91 Å². The molecule has 11 heavy (non-hydrogen) atoms. The number of hydrogen-bond acceptors (Lipinski definition) is 2. The molecule has 0 saturated heterocycles. The molecular weight excluding hydrogens is 156 g/mol. The third kappa shape index (κ3) is 2.72. The minimum Gasteiger partial charge on any atom is -0.396 e. The molecule has 0 fully saturated rings. The van der Waals surface area contributed by atoms with Crippen molar-refractivity contribution in [2.24, 2.45) is 5.92 Å². The van der Waals surface area contributed by atoms with E-state index in [0.717, 1.165) is 12.2 Å². The summed E-state index contributed by atoms with van der Waals surface area (Å²) in [4.78, 5) is 1.40. The van der Waals surface area contributed by atoms with Crippen molar-refractivity contribution in [1.82, 2.24) is 0 Å². The number of thioether (sulfide) groups is 1. The van der Waals surface area contributed by atoms with Crippen LogP contribution in [0, 0.1) is 5.92 Å². The van der Waals surface area contributed by atoms with Gasteiger partial charge in [-0.25, -0.2) is 0 Å². The summed E-state index contributed by atoms with van der Waals surface area (Å²) in [7, 11) is 0. The summed E-state index contributed by atoms with van der Waals surface area (Å²) in [6, 6.07) is 0. The minimum atomic E-state index is 0.276. The first-order valence-corrected chi connectivity index (χ1v) is 4.93. The maximum Gasteiger partial charge on any atom is 0.0525 e. The van der Waals surface area contributed by atoms with Crippen LogP contribution in [0.3, 0.4) is 0 Å². The quantitative estimate of drug-likeness (QED) is 0.700. The highest BCUT2D eigenvalue weighted by atomic mass is 32.2. The summed E-state index contributed by atoms with van der Waals surface area (Å²) in [5, 5.41) is 8.62. The van der Waals surface area contributed by atoms with Crippen LogP contribution in [0.4, 0.5) is 0 Å². The molecule has 1 aliphatic rings. The number of aliphatic hydroxyl groups is 1. The standard InChI is InChI=1S/C9H14OS/c1-8-4-2-3-5-9(8)11-7-6-10/h2-3,5,8,10H,4,6-7H2,1H3. The number of allylic oxidation sites excluding steroid dienone is 4. The van der Waals surface area contributed by atoms with Gasteiger partial charge in [-0.2, -0.15) is 0 Å². The van der Waals surface area contributed by atoms with Crippen LogP contribution in [0.15, 0.2) is 23.1 Å². The molecule has 0 aromatic carbocycles. The fourth-order valence-corrected chi connectivity index (χ4v) is 1.96. The average molecular weight is 170 g/mol. The smallest absolute Gasteiger partial charge is 0.0525 e. The Bertz CT molecular complexity index is 172. The second-order valence-corrected chi connectivity index (χ2v) is 3.87. The maximum atomic E-state index is 8.62. The Hall–Kier alpha value is -0.210. The zero-order valence-electron chi connectivity index (χ0n) is 6.79. The highest BCUT2D eigenvalue weighted by Gasteiger charge is 2.08. The minimum absolute atomic E-state index is 0.276. The zero-order chi connectivity index (χ0) is 8.10. The predicted molar refractivity (Wildman–Crippen MR) is 50.5 cm³/mol. The third-order valence-electron chi connectivity index (χ3n) is 1.73. The molecule has 0 radical (unpaired) electrons.